The summed E-state index contributed by atoms with van der Waals surface area (Å²) in [5, 5.41) is 10.1. The third kappa shape index (κ3) is 2.97. The Morgan fingerprint density at radius 1 is 1.30 bits per heavy atom. The van der Waals surface area contributed by atoms with Crippen LogP contribution in [0.1, 0.15) is 21.6 Å². The van der Waals surface area contributed by atoms with Crippen molar-refractivity contribution in [1.29, 1.82) is 0 Å². The summed E-state index contributed by atoms with van der Waals surface area (Å²) in [5.74, 6) is -1.20. The van der Waals surface area contributed by atoms with E-state index >= 15 is 0 Å². The molecule has 2 aromatic rings. The summed E-state index contributed by atoms with van der Waals surface area (Å²) in [5.41, 5.74) is 1.66. The van der Waals surface area contributed by atoms with Crippen LogP contribution in [-0.2, 0) is 10.0 Å². The fraction of sp³-hybridized carbons (Fsp3) is 0.167. The molecule has 1 aromatic carbocycles. The van der Waals surface area contributed by atoms with Gasteiger partial charge in [0.05, 0.1) is 4.90 Å². The third-order valence-electron chi connectivity index (χ3n) is 2.73. The first-order valence-corrected chi connectivity index (χ1v) is 7.95. The number of anilines is 1. The largest absolute Gasteiger partial charge is 0.476 e. The summed E-state index contributed by atoms with van der Waals surface area (Å²) in [6.45, 7) is 3.71. The number of carbonyl (C=O) groups is 1. The molecule has 0 aliphatic rings. The van der Waals surface area contributed by atoms with Crippen molar-refractivity contribution in [3.63, 3.8) is 0 Å². The van der Waals surface area contributed by atoms with Gasteiger partial charge in [-0.25, -0.2) is 18.2 Å². The van der Waals surface area contributed by atoms with Crippen LogP contribution in [0.2, 0.25) is 0 Å². The lowest BCUT2D eigenvalue weighted by Crippen LogP contribution is -2.13. The van der Waals surface area contributed by atoms with Gasteiger partial charge in [-0.05, 0) is 37.1 Å². The van der Waals surface area contributed by atoms with Gasteiger partial charge in [0.25, 0.3) is 10.0 Å². The van der Waals surface area contributed by atoms with Gasteiger partial charge in [0.1, 0.15) is 0 Å². The molecule has 6 nitrogen and oxygen atoms in total. The van der Waals surface area contributed by atoms with Crippen molar-refractivity contribution < 1.29 is 18.3 Å². The Hall–Kier alpha value is -1.93. The van der Waals surface area contributed by atoms with Crippen LogP contribution in [0.25, 0.3) is 0 Å². The number of hydrogen-bond acceptors (Lipinski definition) is 5. The maximum Gasteiger partial charge on any atom is 0.355 e. The average molecular weight is 312 g/mol. The van der Waals surface area contributed by atoms with Gasteiger partial charge in [0, 0.05) is 5.38 Å². The molecule has 20 heavy (non-hydrogen) atoms. The van der Waals surface area contributed by atoms with Crippen LogP contribution in [-0.4, -0.2) is 24.5 Å². The molecule has 106 valence electrons. The van der Waals surface area contributed by atoms with E-state index in [0.29, 0.717) is 0 Å². The number of aromatic nitrogens is 1. The highest BCUT2D eigenvalue weighted by atomic mass is 32.2. The number of aryl methyl sites for hydroxylation is 2. The second-order valence-electron chi connectivity index (χ2n) is 4.19. The molecule has 1 aromatic heterocycles. The second kappa shape index (κ2) is 5.22. The molecule has 2 N–H and O–H groups in total. The number of rotatable bonds is 4. The highest BCUT2D eigenvalue weighted by Gasteiger charge is 2.18. The maximum atomic E-state index is 12.2. The van der Waals surface area contributed by atoms with Crippen LogP contribution in [0.5, 0.6) is 0 Å². The SMILES string of the molecule is Cc1ccc(S(=O)(=O)Nc2nc(C(=O)O)cs2)cc1C. The number of carboxylic acids is 1. The van der Waals surface area contributed by atoms with Gasteiger partial charge >= 0.3 is 5.97 Å². The second-order valence-corrected chi connectivity index (χ2v) is 6.74. The highest BCUT2D eigenvalue weighted by molar-refractivity contribution is 7.93. The standard InChI is InChI=1S/C12H12N2O4S2/c1-7-3-4-9(5-8(7)2)20(17,18)14-12-13-10(6-19-12)11(15)16/h3-6H,1-2H3,(H,13,14)(H,15,16). The fourth-order valence-electron chi connectivity index (χ4n) is 1.47. The topological polar surface area (TPSA) is 96.4 Å². The van der Waals surface area contributed by atoms with Crippen LogP contribution in [0.4, 0.5) is 5.13 Å². The number of nitrogens with zero attached hydrogens (tertiary/aromatic N) is 1. The first-order chi connectivity index (χ1) is 9.29. The summed E-state index contributed by atoms with van der Waals surface area (Å²) >= 11 is 0.925. The zero-order valence-corrected chi connectivity index (χ0v) is 12.4. The van der Waals surface area contributed by atoms with Crippen molar-refractivity contribution in [1.82, 2.24) is 4.98 Å². The van der Waals surface area contributed by atoms with Gasteiger partial charge in [-0.2, -0.15) is 0 Å². The normalized spacial score (nSPS) is 11.3. The van der Waals surface area contributed by atoms with Crippen LogP contribution >= 0.6 is 11.3 Å². The fourth-order valence-corrected chi connectivity index (χ4v) is 3.50. The average Bonchev–Trinajstić information content (AvgIpc) is 2.80. The minimum absolute atomic E-state index is 0.0284. The number of nitrogens with one attached hydrogen (secondary N) is 1. The number of sulfonamides is 1. The van der Waals surface area contributed by atoms with Crippen molar-refractivity contribution in [3.05, 3.63) is 40.4 Å². The molecule has 0 aliphatic heterocycles. The Morgan fingerprint density at radius 3 is 2.55 bits per heavy atom. The van der Waals surface area contributed by atoms with Crippen molar-refractivity contribution >= 4 is 32.5 Å². The predicted octanol–water partition coefficient (Wildman–Crippen LogP) is 2.26. The zero-order chi connectivity index (χ0) is 14.9. The lowest BCUT2D eigenvalue weighted by atomic mass is 10.1. The van der Waals surface area contributed by atoms with Crippen molar-refractivity contribution in [3.8, 4) is 0 Å². The first kappa shape index (κ1) is 14.5. The molecule has 1 heterocycles. The van der Waals surface area contributed by atoms with Crippen molar-refractivity contribution in [2.45, 2.75) is 18.7 Å². The monoisotopic (exact) mass is 312 g/mol. The highest BCUT2D eigenvalue weighted by Crippen LogP contribution is 2.21. The van der Waals surface area contributed by atoms with E-state index in [1.165, 1.54) is 11.4 Å². The number of benzene rings is 1. The van der Waals surface area contributed by atoms with E-state index in [9.17, 15) is 13.2 Å². The lowest BCUT2D eigenvalue weighted by molar-refractivity contribution is 0.0691. The maximum absolute atomic E-state index is 12.2. The number of hydrogen-bond donors (Lipinski definition) is 2. The van der Waals surface area contributed by atoms with Gasteiger partial charge in [-0.15, -0.1) is 11.3 Å². The molecule has 8 heteroatoms. The van der Waals surface area contributed by atoms with E-state index in [2.05, 4.69) is 9.71 Å². The van der Waals surface area contributed by atoms with E-state index in [0.717, 1.165) is 22.5 Å². The summed E-state index contributed by atoms with van der Waals surface area (Å²) < 4.78 is 26.6. The van der Waals surface area contributed by atoms with Crippen LogP contribution in [0, 0.1) is 13.8 Å². The Kier molecular flexibility index (Phi) is 3.78. The smallest absolute Gasteiger partial charge is 0.355 e. The van der Waals surface area contributed by atoms with Crippen LogP contribution in [0.3, 0.4) is 0 Å². The Morgan fingerprint density at radius 2 is 2.00 bits per heavy atom. The van der Waals surface area contributed by atoms with Crippen molar-refractivity contribution in [2.24, 2.45) is 0 Å². The quantitative estimate of drug-likeness (QED) is 0.902. The number of carboxylic acid groups (broad SMARTS) is 1. The summed E-state index contributed by atoms with van der Waals surface area (Å²) in [4.78, 5) is 14.5. The molecule has 0 aliphatic carbocycles. The van der Waals surface area contributed by atoms with Gasteiger partial charge in [0.15, 0.2) is 10.8 Å². The Labute approximate surface area is 120 Å². The van der Waals surface area contributed by atoms with Gasteiger partial charge < -0.3 is 5.11 Å². The number of thiazole rings is 1. The third-order valence-corrected chi connectivity index (χ3v) is 4.96. The Bertz CT molecular complexity index is 766. The summed E-state index contributed by atoms with van der Waals surface area (Å²) in [7, 11) is -3.76. The van der Waals surface area contributed by atoms with Gasteiger partial charge in [-0.3, -0.25) is 4.72 Å². The molecule has 0 spiro atoms. The first-order valence-electron chi connectivity index (χ1n) is 5.58. The molecule has 2 rings (SSSR count). The molecule has 0 atom stereocenters. The number of aromatic carboxylic acids is 1. The van der Waals surface area contributed by atoms with E-state index < -0.39 is 16.0 Å². The molecule has 0 bridgehead atoms. The van der Waals surface area contributed by atoms with E-state index in [4.69, 9.17) is 5.11 Å². The van der Waals surface area contributed by atoms with Crippen LogP contribution in [0.15, 0.2) is 28.5 Å². The molecule has 0 amide bonds. The molecule has 0 saturated heterocycles. The van der Waals surface area contributed by atoms with Crippen molar-refractivity contribution in [2.75, 3.05) is 4.72 Å². The van der Waals surface area contributed by atoms with E-state index in [-0.39, 0.29) is 15.7 Å². The zero-order valence-electron chi connectivity index (χ0n) is 10.7. The molecule has 0 saturated carbocycles. The van der Waals surface area contributed by atoms with E-state index in [1.54, 1.807) is 12.1 Å². The minimum Gasteiger partial charge on any atom is -0.476 e. The van der Waals surface area contributed by atoms with E-state index in [1.807, 2.05) is 13.8 Å². The molecule has 0 fully saturated rings. The minimum atomic E-state index is -3.76. The van der Waals surface area contributed by atoms with Gasteiger partial charge in [-0.1, -0.05) is 6.07 Å². The summed E-state index contributed by atoms with van der Waals surface area (Å²) in [6, 6.07) is 4.77. The summed E-state index contributed by atoms with van der Waals surface area (Å²) in [6.07, 6.45) is 0. The molecule has 0 unspecified atom stereocenters. The molecular weight excluding hydrogens is 300 g/mol. The Balaban J connectivity index is 2.30. The predicted molar refractivity (Wildman–Crippen MR) is 75.8 cm³/mol. The lowest BCUT2D eigenvalue weighted by Gasteiger charge is -2.07. The molecule has 0 radical (unpaired) electrons. The van der Waals surface area contributed by atoms with Crippen LogP contribution < -0.4 is 4.72 Å². The molecular formula is C12H12N2O4S2. The van der Waals surface area contributed by atoms with Gasteiger partial charge in [0.2, 0.25) is 0 Å².